The molecule has 1 unspecified atom stereocenters. The number of nitrogens with zero attached hydrogens (tertiary/aromatic N) is 1. The molecular weight excluding hydrogens is 314 g/mol. The zero-order valence-electron chi connectivity index (χ0n) is 12.7. The largest absolute Gasteiger partial charge is 0.312 e. The van der Waals surface area contributed by atoms with Gasteiger partial charge < -0.3 is 4.90 Å². The summed E-state index contributed by atoms with van der Waals surface area (Å²) in [5.41, 5.74) is 3.82. The molecule has 1 aromatic carbocycles. The average molecular weight is 338 g/mol. The lowest BCUT2D eigenvalue weighted by molar-refractivity contribution is -0.119. The quantitative estimate of drug-likeness (QED) is 0.748. The summed E-state index contributed by atoms with van der Waals surface area (Å²) in [4.78, 5) is 14.8. The molecule has 3 heteroatoms. The number of hydrogen-bond acceptors (Lipinski definition) is 1. The van der Waals surface area contributed by atoms with E-state index in [0.29, 0.717) is 17.2 Å². The number of benzene rings is 1. The van der Waals surface area contributed by atoms with Crippen LogP contribution in [0.15, 0.2) is 18.2 Å². The predicted molar refractivity (Wildman–Crippen MR) is 88.7 cm³/mol. The Hall–Kier alpha value is -0.830. The van der Waals surface area contributed by atoms with Gasteiger partial charge in [-0.2, -0.15) is 0 Å². The van der Waals surface area contributed by atoms with E-state index in [1.807, 2.05) is 4.90 Å². The van der Waals surface area contributed by atoms with E-state index in [1.165, 1.54) is 11.1 Å². The number of anilines is 1. The molecule has 1 aromatic rings. The van der Waals surface area contributed by atoms with Crippen LogP contribution in [0, 0.1) is 5.92 Å². The number of hydrogen-bond donors (Lipinski definition) is 0. The van der Waals surface area contributed by atoms with Crippen LogP contribution in [0.3, 0.4) is 0 Å². The van der Waals surface area contributed by atoms with Crippen LogP contribution in [0.1, 0.15) is 44.7 Å². The fourth-order valence-corrected chi connectivity index (χ4v) is 3.19. The van der Waals surface area contributed by atoms with E-state index in [-0.39, 0.29) is 5.91 Å². The van der Waals surface area contributed by atoms with Crippen molar-refractivity contribution in [1.29, 1.82) is 0 Å². The van der Waals surface area contributed by atoms with Crippen LogP contribution < -0.4 is 4.90 Å². The van der Waals surface area contributed by atoms with Gasteiger partial charge in [-0.3, -0.25) is 4.79 Å². The zero-order valence-corrected chi connectivity index (χ0v) is 14.2. The minimum Gasteiger partial charge on any atom is -0.312 e. The van der Waals surface area contributed by atoms with Gasteiger partial charge in [0.2, 0.25) is 5.91 Å². The molecule has 2 rings (SSSR count). The summed E-state index contributed by atoms with van der Waals surface area (Å²) in [6.45, 7) is 7.23. The SMILES string of the molecule is CC(C)CC(=O)N1CCCc2cc(CC(C)Br)ccc21. The zero-order chi connectivity index (χ0) is 14.7. The molecule has 2 nitrogen and oxygen atoms in total. The van der Waals surface area contributed by atoms with Crippen LogP contribution >= 0.6 is 15.9 Å². The molecule has 1 aliphatic heterocycles. The summed E-state index contributed by atoms with van der Waals surface area (Å²) < 4.78 is 0. The highest BCUT2D eigenvalue weighted by Gasteiger charge is 2.23. The fourth-order valence-electron chi connectivity index (χ4n) is 2.82. The first-order valence-electron chi connectivity index (χ1n) is 7.53. The third-order valence-corrected chi connectivity index (χ3v) is 3.99. The first-order chi connectivity index (χ1) is 9.47. The Balaban J connectivity index is 2.21. The molecule has 0 bridgehead atoms. The van der Waals surface area contributed by atoms with Crippen molar-refractivity contribution in [1.82, 2.24) is 0 Å². The average Bonchev–Trinajstić information content (AvgIpc) is 2.36. The highest BCUT2D eigenvalue weighted by molar-refractivity contribution is 9.09. The van der Waals surface area contributed by atoms with Gasteiger partial charge in [0.05, 0.1) is 0 Å². The molecule has 0 spiro atoms. The lowest BCUT2D eigenvalue weighted by atomic mass is 9.97. The molecule has 110 valence electrons. The van der Waals surface area contributed by atoms with E-state index in [9.17, 15) is 4.79 Å². The second kappa shape index (κ2) is 6.75. The Kier molecular flexibility index (Phi) is 5.25. The van der Waals surface area contributed by atoms with E-state index in [1.54, 1.807) is 0 Å². The Bertz CT molecular complexity index is 482. The van der Waals surface area contributed by atoms with Crippen molar-refractivity contribution in [3.63, 3.8) is 0 Å². The Labute approximate surface area is 130 Å². The number of amides is 1. The maximum absolute atomic E-state index is 12.4. The first kappa shape index (κ1) is 15.6. The van der Waals surface area contributed by atoms with Gasteiger partial charge in [-0.15, -0.1) is 0 Å². The molecule has 20 heavy (non-hydrogen) atoms. The van der Waals surface area contributed by atoms with Gasteiger partial charge in [0.25, 0.3) is 0 Å². The second-order valence-electron chi connectivity index (χ2n) is 6.19. The summed E-state index contributed by atoms with van der Waals surface area (Å²) in [6, 6.07) is 6.58. The molecule has 0 radical (unpaired) electrons. The summed E-state index contributed by atoms with van der Waals surface area (Å²) in [5.74, 6) is 0.684. The molecule has 0 saturated heterocycles. The van der Waals surface area contributed by atoms with E-state index in [2.05, 4.69) is 54.9 Å². The fraction of sp³-hybridized carbons (Fsp3) is 0.588. The molecule has 1 atom stereocenters. The van der Waals surface area contributed by atoms with E-state index in [4.69, 9.17) is 0 Å². The maximum Gasteiger partial charge on any atom is 0.227 e. The number of carbonyl (C=O) groups excluding carboxylic acids is 1. The van der Waals surface area contributed by atoms with Crippen molar-refractivity contribution in [3.8, 4) is 0 Å². The molecule has 0 N–H and O–H groups in total. The topological polar surface area (TPSA) is 20.3 Å². The number of rotatable bonds is 4. The Morgan fingerprint density at radius 2 is 2.10 bits per heavy atom. The van der Waals surface area contributed by atoms with Crippen molar-refractivity contribution in [2.75, 3.05) is 11.4 Å². The number of fused-ring (bicyclic) bond motifs is 1. The smallest absolute Gasteiger partial charge is 0.227 e. The highest BCUT2D eigenvalue weighted by atomic mass is 79.9. The summed E-state index contributed by atoms with van der Waals surface area (Å²) >= 11 is 3.60. The molecule has 0 fully saturated rings. The molecule has 0 saturated carbocycles. The second-order valence-corrected chi connectivity index (χ2v) is 7.76. The number of alkyl halides is 1. The lowest BCUT2D eigenvalue weighted by Gasteiger charge is -2.30. The van der Waals surface area contributed by atoms with Crippen LogP contribution in [-0.2, 0) is 17.6 Å². The van der Waals surface area contributed by atoms with Crippen LogP contribution in [0.25, 0.3) is 0 Å². The van der Waals surface area contributed by atoms with Gasteiger partial charge in [0, 0.05) is 23.5 Å². The Morgan fingerprint density at radius 3 is 2.75 bits per heavy atom. The first-order valence-corrected chi connectivity index (χ1v) is 8.45. The van der Waals surface area contributed by atoms with Gasteiger partial charge in [0.15, 0.2) is 0 Å². The van der Waals surface area contributed by atoms with Crippen LogP contribution in [0.4, 0.5) is 5.69 Å². The lowest BCUT2D eigenvalue weighted by Crippen LogP contribution is -2.36. The molecule has 1 amide bonds. The minimum absolute atomic E-state index is 0.266. The third kappa shape index (κ3) is 3.85. The van der Waals surface area contributed by atoms with Gasteiger partial charge in [-0.25, -0.2) is 0 Å². The van der Waals surface area contributed by atoms with Gasteiger partial charge >= 0.3 is 0 Å². The van der Waals surface area contributed by atoms with Crippen LogP contribution in [0.5, 0.6) is 0 Å². The highest BCUT2D eigenvalue weighted by Crippen LogP contribution is 2.29. The molecule has 0 aliphatic carbocycles. The number of carbonyl (C=O) groups is 1. The minimum atomic E-state index is 0.266. The van der Waals surface area contributed by atoms with Crippen LogP contribution in [0.2, 0.25) is 0 Å². The van der Waals surface area contributed by atoms with Crippen molar-refractivity contribution in [2.24, 2.45) is 5.92 Å². The summed E-state index contributed by atoms with van der Waals surface area (Å²) in [5, 5.41) is 0. The third-order valence-electron chi connectivity index (χ3n) is 3.66. The van der Waals surface area contributed by atoms with Gasteiger partial charge in [0.1, 0.15) is 0 Å². The number of halogens is 1. The Morgan fingerprint density at radius 1 is 1.35 bits per heavy atom. The van der Waals surface area contributed by atoms with E-state index in [0.717, 1.165) is 31.5 Å². The maximum atomic E-state index is 12.4. The van der Waals surface area contributed by atoms with Crippen molar-refractivity contribution < 1.29 is 4.79 Å². The number of aryl methyl sites for hydroxylation is 1. The van der Waals surface area contributed by atoms with Crippen LogP contribution in [-0.4, -0.2) is 17.3 Å². The summed E-state index contributed by atoms with van der Waals surface area (Å²) in [7, 11) is 0. The van der Waals surface area contributed by atoms with E-state index < -0.39 is 0 Å². The van der Waals surface area contributed by atoms with Gasteiger partial charge in [-0.05, 0) is 42.4 Å². The van der Waals surface area contributed by atoms with Gasteiger partial charge in [-0.1, -0.05) is 48.8 Å². The van der Waals surface area contributed by atoms with Crippen molar-refractivity contribution in [2.45, 2.75) is 51.3 Å². The molecule has 0 aromatic heterocycles. The normalized spacial score (nSPS) is 16.1. The monoisotopic (exact) mass is 337 g/mol. The van der Waals surface area contributed by atoms with E-state index >= 15 is 0 Å². The predicted octanol–water partition coefficient (Wildman–Crippen LogP) is 4.34. The molecule has 1 aliphatic rings. The van der Waals surface area contributed by atoms with Crippen molar-refractivity contribution >= 4 is 27.5 Å². The molecular formula is C17H24BrNO. The summed E-state index contributed by atoms with van der Waals surface area (Å²) in [6.07, 6.45) is 3.84. The standard InChI is InChI=1S/C17H24BrNO/c1-12(2)9-17(20)19-8-4-5-15-11-14(10-13(3)18)6-7-16(15)19/h6-7,11-13H,4-5,8-10H2,1-3H3. The molecule has 1 heterocycles. The van der Waals surface area contributed by atoms with Crippen molar-refractivity contribution in [3.05, 3.63) is 29.3 Å².